The molecule has 1 N–H and O–H groups in total. The van der Waals surface area contributed by atoms with Crippen LogP contribution in [0.25, 0.3) is 0 Å². The summed E-state index contributed by atoms with van der Waals surface area (Å²) in [6, 6.07) is 4.69. The second-order valence-corrected chi connectivity index (χ2v) is 4.79. The van der Waals surface area contributed by atoms with Crippen molar-refractivity contribution in [1.82, 2.24) is 5.32 Å². The van der Waals surface area contributed by atoms with E-state index in [2.05, 4.69) is 21.2 Å². The van der Waals surface area contributed by atoms with Crippen molar-refractivity contribution < 1.29 is 13.9 Å². The lowest BCUT2D eigenvalue weighted by Crippen LogP contribution is -2.26. The molecule has 0 aromatic heterocycles. The molecule has 17 heavy (non-hydrogen) atoms. The van der Waals surface area contributed by atoms with Crippen molar-refractivity contribution in [1.29, 1.82) is 0 Å². The molecular weight excluding hydrogens is 289 g/mol. The Hall–Kier alpha value is -0.940. The molecule has 0 aliphatic carbocycles. The van der Waals surface area contributed by atoms with Crippen LogP contribution in [0.3, 0.4) is 0 Å². The molecule has 94 valence electrons. The second-order valence-electron chi connectivity index (χ2n) is 3.88. The van der Waals surface area contributed by atoms with Crippen LogP contribution in [0.4, 0.5) is 4.39 Å². The van der Waals surface area contributed by atoms with Crippen LogP contribution in [0.5, 0.6) is 0 Å². The van der Waals surface area contributed by atoms with Gasteiger partial charge in [0.2, 0.25) is 0 Å². The lowest BCUT2D eigenvalue weighted by atomic mass is 10.2. The number of hydrogen-bond acceptors (Lipinski definition) is 3. The first-order valence-corrected chi connectivity index (χ1v) is 6.12. The van der Waals surface area contributed by atoms with E-state index in [1.807, 2.05) is 0 Å². The molecule has 1 rings (SSSR count). The van der Waals surface area contributed by atoms with Crippen LogP contribution in [0.15, 0.2) is 22.7 Å². The summed E-state index contributed by atoms with van der Waals surface area (Å²) in [4.78, 5) is 11.2. The average molecular weight is 304 g/mol. The van der Waals surface area contributed by atoms with Crippen molar-refractivity contribution in [2.45, 2.75) is 26.5 Å². The molecule has 0 fully saturated rings. The molecule has 0 heterocycles. The number of carbonyl (C=O) groups is 1. The van der Waals surface area contributed by atoms with Crippen molar-refractivity contribution in [3.63, 3.8) is 0 Å². The summed E-state index contributed by atoms with van der Waals surface area (Å²) in [6.45, 7) is 3.93. The number of nitrogens with one attached hydrogen (secondary N) is 1. The van der Waals surface area contributed by atoms with Crippen molar-refractivity contribution >= 4 is 21.9 Å². The summed E-state index contributed by atoms with van der Waals surface area (Å²) in [7, 11) is 0. The van der Waals surface area contributed by atoms with Gasteiger partial charge in [0.25, 0.3) is 0 Å². The van der Waals surface area contributed by atoms with E-state index < -0.39 is 0 Å². The lowest BCUT2D eigenvalue weighted by molar-refractivity contribution is -0.146. The van der Waals surface area contributed by atoms with Gasteiger partial charge in [-0.05, 0) is 32.0 Å². The van der Waals surface area contributed by atoms with Gasteiger partial charge in [-0.1, -0.05) is 15.9 Å². The molecule has 0 bridgehead atoms. The zero-order valence-corrected chi connectivity index (χ0v) is 11.4. The zero-order chi connectivity index (χ0) is 12.8. The highest BCUT2D eigenvalue weighted by atomic mass is 79.9. The van der Waals surface area contributed by atoms with Crippen LogP contribution in [0.2, 0.25) is 0 Å². The van der Waals surface area contributed by atoms with E-state index in [0.29, 0.717) is 12.1 Å². The summed E-state index contributed by atoms with van der Waals surface area (Å²) in [5, 5.41) is 2.84. The second kappa shape index (κ2) is 6.71. The minimum atomic E-state index is -0.338. The van der Waals surface area contributed by atoms with Crippen molar-refractivity contribution in [3.8, 4) is 0 Å². The van der Waals surface area contributed by atoms with Gasteiger partial charge < -0.3 is 10.1 Å². The first-order valence-electron chi connectivity index (χ1n) is 5.33. The van der Waals surface area contributed by atoms with E-state index in [0.717, 1.165) is 4.47 Å². The number of hydrogen-bond donors (Lipinski definition) is 1. The minimum Gasteiger partial charge on any atom is -0.462 e. The maximum atomic E-state index is 13.3. The molecule has 0 aliphatic rings. The van der Waals surface area contributed by atoms with Crippen molar-refractivity contribution in [2.75, 3.05) is 6.54 Å². The van der Waals surface area contributed by atoms with E-state index in [-0.39, 0.29) is 24.4 Å². The smallest absolute Gasteiger partial charge is 0.320 e. The van der Waals surface area contributed by atoms with Gasteiger partial charge in [0.1, 0.15) is 5.82 Å². The number of carbonyl (C=O) groups excluding carboxylic acids is 1. The van der Waals surface area contributed by atoms with Gasteiger partial charge >= 0.3 is 5.97 Å². The highest BCUT2D eigenvalue weighted by Gasteiger charge is 2.06. The third-order valence-electron chi connectivity index (χ3n) is 1.96. The fraction of sp³-hybridized carbons (Fsp3) is 0.417. The molecule has 0 unspecified atom stereocenters. The predicted octanol–water partition coefficient (Wildman–Crippen LogP) is 2.63. The molecule has 5 heteroatoms. The Morgan fingerprint density at radius 1 is 1.53 bits per heavy atom. The Bertz CT molecular complexity index is 396. The highest BCUT2D eigenvalue weighted by Crippen LogP contribution is 2.15. The SMILES string of the molecule is CC(C)OC(=O)CNCc1cc(Br)ccc1F. The number of ether oxygens (including phenoxy) is 1. The van der Waals surface area contributed by atoms with Crippen molar-refractivity contribution in [3.05, 3.63) is 34.1 Å². The summed E-state index contributed by atoms with van der Waals surface area (Å²) in [5.41, 5.74) is 0.511. The summed E-state index contributed by atoms with van der Waals surface area (Å²) in [5.74, 6) is -0.631. The van der Waals surface area contributed by atoms with Crippen LogP contribution >= 0.6 is 15.9 Å². The van der Waals surface area contributed by atoms with Crippen LogP contribution in [0.1, 0.15) is 19.4 Å². The first kappa shape index (κ1) is 14.1. The highest BCUT2D eigenvalue weighted by molar-refractivity contribution is 9.10. The number of benzene rings is 1. The zero-order valence-electron chi connectivity index (χ0n) is 9.80. The van der Waals surface area contributed by atoms with Crippen LogP contribution < -0.4 is 5.32 Å². The van der Waals surface area contributed by atoms with Gasteiger partial charge in [-0.3, -0.25) is 4.79 Å². The molecule has 0 saturated heterocycles. The Kier molecular flexibility index (Phi) is 5.58. The Morgan fingerprint density at radius 3 is 2.88 bits per heavy atom. The molecular formula is C12H15BrFNO2. The monoisotopic (exact) mass is 303 g/mol. The summed E-state index contributed by atoms with van der Waals surface area (Å²) >= 11 is 3.26. The lowest BCUT2D eigenvalue weighted by Gasteiger charge is -2.09. The third-order valence-corrected chi connectivity index (χ3v) is 2.45. The fourth-order valence-electron chi connectivity index (χ4n) is 1.28. The molecule has 0 saturated carbocycles. The van der Waals surface area contributed by atoms with Crippen molar-refractivity contribution in [2.24, 2.45) is 0 Å². The number of esters is 1. The molecule has 1 aromatic rings. The molecule has 0 spiro atoms. The standard InChI is InChI=1S/C12H15BrFNO2/c1-8(2)17-12(16)7-15-6-9-5-10(13)3-4-11(9)14/h3-5,8,15H,6-7H2,1-2H3. The van der Waals surface area contributed by atoms with Crippen LogP contribution in [-0.2, 0) is 16.1 Å². The van der Waals surface area contributed by atoms with E-state index >= 15 is 0 Å². The van der Waals surface area contributed by atoms with E-state index in [1.165, 1.54) is 6.07 Å². The first-order chi connectivity index (χ1) is 7.99. The molecule has 0 amide bonds. The van der Waals surface area contributed by atoms with Gasteiger partial charge in [-0.15, -0.1) is 0 Å². The van der Waals surface area contributed by atoms with E-state index in [1.54, 1.807) is 26.0 Å². The van der Waals surface area contributed by atoms with E-state index in [4.69, 9.17) is 4.74 Å². The normalized spacial score (nSPS) is 10.6. The quantitative estimate of drug-likeness (QED) is 0.850. The molecule has 0 atom stereocenters. The number of rotatable bonds is 5. The predicted molar refractivity (Wildman–Crippen MR) is 67.0 cm³/mol. The third kappa shape index (κ3) is 5.28. The van der Waals surface area contributed by atoms with E-state index in [9.17, 15) is 9.18 Å². The Morgan fingerprint density at radius 2 is 2.24 bits per heavy atom. The minimum absolute atomic E-state index is 0.0735. The van der Waals surface area contributed by atoms with Crippen LogP contribution in [-0.4, -0.2) is 18.6 Å². The van der Waals surface area contributed by atoms with Gasteiger partial charge in [-0.2, -0.15) is 0 Å². The summed E-state index contributed by atoms with van der Waals surface area (Å²) in [6.07, 6.45) is -0.132. The number of halogens is 2. The van der Waals surface area contributed by atoms with Gasteiger partial charge in [0, 0.05) is 16.6 Å². The molecule has 0 radical (unpaired) electrons. The molecule has 1 aromatic carbocycles. The maximum absolute atomic E-state index is 13.3. The Labute approximate surface area is 108 Å². The average Bonchev–Trinajstić information content (AvgIpc) is 2.22. The molecule has 3 nitrogen and oxygen atoms in total. The van der Waals surface area contributed by atoms with Gasteiger partial charge in [0.15, 0.2) is 0 Å². The largest absolute Gasteiger partial charge is 0.462 e. The fourth-order valence-corrected chi connectivity index (χ4v) is 1.69. The maximum Gasteiger partial charge on any atom is 0.320 e. The van der Waals surface area contributed by atoms with Gasteiger partial charge in [0.05, 0.1) is 12.6 Å². The Balaban J connectivity index is 2.40. The van der Waals surface area contributed by atoms with Crippen LogP contribution in [0, 0.1) is 5.82 Å². The summed E-state index contributed by atoms with van der Waals surface area (Å²) < 4.78 is 19.1. The topological polar surface area (TPSA) is 38.3 Å². The van der Waals surface area contributed by atoms with Gasteiger partial charge in [-0.25, -0.2) is 4.39 Å². The molecule has 0 aliphatic heterocycles.